The van der Waals surface area contributed by atoms with Gasteiger partial charge in [0.2, 0.25) is 11.8 Å². The molecule has 2 aromatic rings. The van der Waals surface area contributed by atoms with Gasteiger partial charge < -0.3 is 19.1 Å². The molecule has 2 aliphatic rings. The van der Waals surface area contributed by atoms with Crippen molar-refractivity contribution in [2.24, 2.45) is 12.5 Å². The van der Waals surface area contributed by atoms with Gasteiger partial charge >= 0.3 is 0 Å². The number of ether oxygens (including phenoxy) is 1. The summed E-state index contributed by atoms with van der Waals surface area (Å²) in [5, 5.41) is 1.16. The second kappa shape index (κ2) is 8.19. The number of rotatable bonds is 5. The van der Waals surface area contributed by atoms with E-state index in [1.54, 1.807) is 7.11 Å². The molecule has 6 heteroatoms. The van der Waals surface area contributed by atoms with Crippen molar-refractivity contribution in [3.05, 3.63) is 36.0 Å². The minimum atomic E-state index is 0.0360. The normalized spacial score (nSPS) is 22.6. The molecule has 2 amide bonds. The molecule has 6 nitrogen and oxygen atoms in total. The van der Waals surface area contributed by atoms with Gasteiger partial charge in [-0.1, -0.05) is 18.2 Å². The van der Waals surface area contributed by atoms with E-state index in [1.165, 1.54) is 0 Å². The van der Waals surface area contributed by atoms with Gasteiger partial charge in [-0.3, -0.25) is 9.59 Å². The van der Waals surface area contributed by atoms with Crippen LogP contribution in [0.1, 0.15) is 31.2 Å². The highest BCUT2D eigenvalue weighted by Crippen LogP contribution is 2.39. The first-order valence-corrected chi connectivity index (χ1v) is 10.6. The van der Waals surface area contributed by atoms with Gasteiger partial charge in [-0.15, -0.1) is 0 Å². The number of fused-ring (bicyclic) bond motifs is 1. The highest BCUT2D eigenvalue weighted by Gasteiger charge is 2.42. The Morgan fingerprint density at radius 2 is 2.03 bits per heavy atom. The molecule has 156 valence electrons. The standard InChI is InChI=1S/C23H31N3O3/c1-24-15-18(19-6-3-4-7-20(19)24)14-22(28)25-11-5-9-23(16-25)10-8-21(27)26(17-23)12-13-29-2/h3-4,6-7,15H,5,8-14,16-17H2,1-2H3/t23-/m1/s1. The summed E-state index contributed by atoms with van der Waals surface area (Å²) in [7, 11) is 3.69. The molecular formula is C23H31N3O3. The van der Waals surface area contributed by atoms with Crippen molar-refractivity contribution in [2.75, 3.05) is 39.9 Å². The largest absolute Gasteiger partial charge is 0.383 e. The number of aromatic nitrogens is 1. The fourth-order valence-corrected chi connectivity index (χ4v) is 5.10. The summed E-state index contributed by atoms with van der Waals surface area (Å²) in [5.74, 6) is 0.410. The molecule has 1 aromatic heterocycles. The maximum atomic E-state index is 13.2. The first-order chi connectivity index (χ1) is 14.0. The lowest BCUT2D eigenvalue weighted by atomic mass is 9.73. The van der Waals surface area contributed by atoms with Gasteiger partial charge in [-0.05, 0) is 30.9 Å². The van der Waals surface area contributed by atoms with E-state index in [-0.39, 0.29) is 17.2 Å². The Labute approximate surface area is 172 Å². The Hall–Kier alpha value is -2.34. The van der Waals surface area contributed by atoms with Gasteiger partial charge in [-0.2, -0.15) is 0 Å². The van der Waals surface area contributed by atoms with E-state index in [0.717, 1.165) is 55.4 Å². The zero-order valence-electron chi connectivity index (χ0n) is 17.5. The van der Waals surface area contributed by atoms with E-state index >= 15 is 0 Å². The molecule has 2 aliphatic heterocycles. The average Bonchev–Trinajstić information content (AvgIpc) is 3.05. The second-order valence-electron chi connectivity index (χ2n) is 8.69. The van der Waals surface area contributed by atoms with Gasteiger partial charge in [0.25, 0.3) is 0 Å². The zero-order valence-corrected chi connectivity index (χ0v) is 17.5. The minimum Gasteiger partial charge on any atom is -0.383 e. The number of carbonyl (C=O) groups excluding carboxylic acids is 2. The zero-order chi connectivity index (χ0) is 20.4. The van der Waals surface area contributed by atoms with Crippen molar-refractivity contribution in [1.82, 2.24) is 14.4 Å². The predicted octanol–water partition coefficient (Wildman–Crippen LogP) is 2.60. The fraction of sp³-hybridized carbons (Fsp3) is 0.565. The lowest BCUT2D eigenvalue weighted by Gasteiger charge is -2.48. The van der Waals surface area contributed by atoms with Crippen molar-refractivity contribution in [1.29, 1.82) is 0 Å². The van der Waals surface area contributed by atoms with E-state index in [2.05, 4.69) is 22.9 Å². The Kier molecular flexibility index (Phi) is 5.63. The van der Waals surface area contributed by atoms with Gasteiger partial charge in [0, 0.05) is 69.3 Å². The van der Waals surface area contributed by atoms with Crippen LogP contribution in [0.4, 0.5) is 0 Å². The third kappa shape index (κ3) is 4.04. The third-order valence-corrected chi connectivity index (χ3v) is 6.65. The van der Waals surface area contributed by atoms with Gasteiger partial charge in [-0.25, -0.2) is 0 Å². The molecule has 0 unspecified atom stereocenters. The molecule has 29 heavy (non-hydrogen) atoms. The van der Waals surface area contributed by atoms with E-state index in [1.807, 2.05) is 29.0 Å². The number of hydrogen-bond donors (Lipinski definition) is 0. The van der Waals surface area contributed by atoms with Crippen LogP contribution in [0.5, 0.6) is 0 Å². The molecule has 0 saturated carbocycles. The van der Waals surface area contributed by atoms with Crippen LogP contribution in [0.25, 0.3) is 10.9 Å². The number of nitrogens with zero attached hydrogens (tertiary/aromatic N) is 3. The van der Waals surface area contributed by atoms with Crippen molar-refractivity contribution in [3.8, 4) is 0 Å². The monoisotopic (exact) mass is 397 g/mol. The van der Waals surface area contributed by atoms with Crippen LogP contribution < -0.4 is 0 Å². The summed E-state index contributed by atoms with van der Waals surface area (Å²) in [6.45, 7) is 3.52. The van der Waals surface area contributed by atoms with E-state index in [0.29, 0.717) is 26.0 Å². The quantitative estimate of drug-likeness (QED) is 0.779. The van der Waals surface area contributed by atoms with Crippen LogP contribution in [-0.2, 0) is 27.8 Å². The summed E-state index contributed by atoms with van der Waals surface area (Å²) in [5.41, 5.74) is 2.28. The number of methoxy groups -OCH3 is 1. The maximum Gasteiger partial charge on any atom is 0.227 e. The van der Waals surface area contributed by atoms with Gasteiger partial charge in [0.15, 0.2) is 0 Å². The molecule has 0 aliphatic carbocycles. The molecule has 4 rings (SSSR count). The molecule has 1 aromatic carbocycles. The highest BCUT2D eigenvalue weighted by molar-refractivity contribution is 5.89. The number of likely N-dealkylation sites (tertiary alicyclic amines) is 2. The number of amides is 2. The number of carbonyl (C=O) groups is 2. The molecule has 0 N–H and O–H groups in total. The smallest absolute Gasteiger partial charge is 0.227 e. The van der Waals surface area contributed by atoms with Crippen LogP contribution in [0.15, 0.2) is 30.5 Å². The van der Waals surface area contributed by atoms with Crippen LogP contribution in [0.3, 0.4) is 0 Å². The average molecular weight is 398 g/mol. The van der Waals surface area contributed by atoms with E-state index < -0.39 is 0 Å². The summed E-state index contributed by atoms with van der Waals surface area (Å²) in [6, 6.07) is 8.24. The van der Waals surface area contributed by atoms with Crippen LogP contribution in [0.2, 0.25) is 0 Å². The molecule has 2 saturated heterocycles. The number of hydrogen-bond acceptors (Lipinski definition) is 3. The minimum absolute atomic E-state index is 0.0360. The Bertz CT molecular complexity index is 906. The third-order valence-electron chi connectivity index (χ3n) is 6.65. The Balaban J connectivity index is 1.46. The van der Waals surface area contributed by atoms with Crippen LogP contribution in [-0.4, -0.2) is 66.1 Å². The van der Waals surface area contributed by atoms with Crippen LogP contribution in [0, 0.1) is 5.41 Å². The first-order valence-electron chi connectivity index (χ1n) is 10.6. The molecule has 1 atom stereocenters. The molecule has 0 radical (unpaired) electrons. The Morgan fingerprint density at radius 1 is 1.21 bits per heavy atom. The fourth-order valence-electron chi connectivity index (χ4n) is 5.10. The van der Waals surface area contributed by atoms with Crippen molar-refractivity contribution < 1.29 is 14.3 Å². The van der Waals surface area contributed by atoms with Gasteiger partial charge in [0.1, 0.15) is 0 Å². The molecule has 0 bridgehead atoms. The van der Waals surface area contributed by atoms with Crippen molar-refractivity contribution >= 4 is 22.7 Å². The second-order valence-corrected chi connectivity index (χ2v) is 8.69. The summed E-state index contributed by atoms with van der Waals surface area (Å²) in [4.78, 5) is 29.5. The Morgan fingerprint density at radius 3 is 2.86 bits per heavy atom. The van der Waals surface area contributed by atoms with Gasteiger partial charge in [0.05, 0.1) is 13.0 Å². The number of piperidine rings is 2. The number of aryl methyl sites for hydroxylation is 1. The molecule has 3 heterocycles. The van der Waals surface area contributed by atoms with Crippen molar-refractivity contribution in [2.45, 2.75) is 32.1 Å². The highest BCUT2D eigenvalue weighted by atomic mass is 16.5. The molecular weight excluding hydrogens is 366 g/mol. The topological polar surface area (TPSA) is 54.8 Å². The predicted molar refractivity (Wildman–Crippen MR) is 113 cm³/mol. The van der Waals surface area contributed by atoms with E-state index in [9.17, 15) is 9.59 Å². The number of para-hydroxylation sites is 1. The lowest BCUT2D eigenvalue weighted by Crippen LogP contribution is -2.55. The SMILES string of the molecule is COCCN1C[C@]2(CCCN(C(=O)Cc3cn(C)c4ccccc34)C2)CCC1=O. The lowest BCUT2D eigenvalue weighted by molar-refractivity contribution is -0.143. The molecule has 2 fully saturated rings. The van der Waals surface area contributed by atoms with Crippen LogP contribution >= 0.6 is 0 Å². The maximum absolute atomic E-state index is 13.2. The summed E-state index contributed by atoms with van der Waals surface area (Å²) in [6.07, 6.45) is 6.07. The van der Waals surface area contributed by atoms with Crippen molar-refractivity contribution in [3.63, 3.8) is 0 Å². The summed E-state index contributed by atoms with van der Waals surface area (Å²) < 4.78 is 7.26. The summed E-state index contributed by atoms with van der Waals surface area (Å²) >= 11 is 0. The number of benzene rings is 1. The van der Waals surface area contributed by atoms with E-state index in [4.69, 9.17) is 4.74 Å². The first kappa shape index (κ1) is 20.0. The molecule has 1 spiro atoms.